The maximum absolute atomic E-state index is 10.8. The summed E-state index contributed by atoms with van der Waals surface area (Å²) >= 11 is 0. The monoisotopic (exact) mass is 300 g/mol. The van der Waals surface area contributed by atoms with Crippen LogP contribution in [0.3, 0.4) is 0 Å². The minimum Gasteiger partial charge on any atom is -0.459 e. The molecule has 22 heavy (non-hydrogen) atoms. The topological polar surface area (TPSA) is 48.6 Å². The molecule has 0 aliphatic carbocycles. The molecule has 2 atom stereocenters. The van der Waals surface area contributed by atoms with Crippen LogP contribution in [-0.2, 0) is 6.54 Å². The lowest BCUT2D eigenvalue weighted by molar-refractivity contribution is -0.0907. The first-order valence-corrected chi connectivity index (χ1v) is 8.28. The third-order valence-corrected chi connectivity index (χ3v) is 5.53. The van der Waals surface area contributed by atoms with Gasteiger partial charge < -0.3 is 14.8 Å². The second-order valence-electron chi connectivity index (χ2n) is 6.89. The molecule has 2 saturated heterocycles. The molecule has 2 N–H and O–H groups in total. The summed E-state index contributed by atoms with van der Waals surface area (Å²) in [6.07, 6.45) is 1.76. The molecule has 4 heteroatoms. The van der Waals surface area contributed by atoms with Crippen molar-refractivity contribution in [2.45, 2.75) is 31.9 Å². The van der Waals surface area contributed by atoms with Crippen molar-refractivity contribution in [1.29, 1.82) is 0 Å². The number of hydrogen-bond donors (Lipinski definition) is 2. The van der Waals surface area contributed by atoms with Crippen LogP contribution >= 0.6 is 0 Å². The van der Waals surface area contributed by atoms with E-state index in [2.05, 4.69) is 29.3 Å². The molecule has 118 valence electrons. The Labute approximate surface area is 131 Å². The van der Waals surface area contributed by atoms with Crippen molar-refractivity contribution >= 4 is 11.0 Å². The SMILES string of the molecule is Cc1c(CN2CC[C@@]3(O)CCNC[C@H]3C2)oc2ccccc12. The molecule has 0 bridgehead atoms. The quantitative estimate of drug-likeness (QED) is 0.893. The molecular weight excluding hydrogens is 276 g/mol. The van der Waals surface area contributed by atoms with E-state index in [1.165, 1.54) is 10.9 Å². The lowest BCUT2D eigenvalue weighted by Crippen LogP contribution is -2.58. The molecule has 2 fully saturated rings. The molecule has 0 spiro atoms. The van der Waals surface area contributed by atoms with Crippen LogP contribution in [0.1, 0.15) is 24.2 Å². The number of furan rings is 1. The maximum atomic E-state index is 10.8. The number of fused-ring (bicyclic) bond motifs is 2. The van der Waals surface area contributed by atoms with E-state index >= 15 is 0 Å². The summed E-state index contributed by atoms with van der Waals surface area (Å²) in [5, 5.41) is 15.4. The predicted octanol–water partition coefficient (Wildman–Crippen LogP) is 2.29. The van der Waals surface area contributed by atoms with Crippen LogP contribution in [0, 0.1) is 12.8 Å². The number of para-hydroxylation sites is 1. The van der Waals surface area contributed by atoms with E-state index in [-0.39, 0.29) is 0 Å². The third-order valence-electron chi connectivity index (χ3n) is 5.53. The molecule has 4 rings (SSSR count). The average molecular weight is 300 g/mol. The van der Waals surface area contributed by atoms with Crippen LogP contribution in [-0.4, -0.2) is 41.8 Å². The fourth-order valence-corrected chi connectivity index (χ4v) is 4.02. The fourth-order valence-electron chi connectivity index (χ4n) is 4.02. The van der Waals surface area contributed by atoms with E-state index in [9.17, 15) is 5.11 Å². The lowest BCUT2D eigenvalue weighted by Gasteiger charge is -2.47. The maximum Gasteiger partial charge on any atom is 0.134 e. The minimum absolute atomic E-state index is 0.333. The van der Waals surface area contributed by atoms with Gasteiger partial charge in [0.25, 0.3) is 0 Å². The molecule has 0 amide bonds. The average Bonchev–Trinajstić information content (AvgIpc) is 2.84. The minimum atomic E-state index is -0.454. The first kappa shape index (κ1) is 14.2. The highest BCUT2D eigenvalue weighted by atomic mass is 16.3. The van der Waals surface area contributed by atoms with Gasteiger partial charge in [-0.1, -0.05) is 18.2 Å². The Morgan fingerprint density at radius 3 is 3.09 bits per heavy atom. The number of nitrogens with one attached hydrogen (secondary N) is 1. The van der Waals surface area contributed by atoms with E-state index in [0.717, 1.165) is 56.9 Å². The Hall–Kier alpha value is -1.36. The van der Waals surface area contributed by atoms with Gasteiger partial charge in [-0.25, -0.2) is 0 Å². The van der Waals surface area contributed by atoms with Crippen molar-refractivity contribution in [2.75, 3.05) is 26.2 Å². The molecule has 2 aliphatic heterocycles. The number of benzene rings is 1. The Morgan fingerprint density at radius 2 is 2.23 bits per heavy atom. The van der Waals surface area contributed by atoms with Crippen LogP contribution < -0.4 is 5.32 Å². The van der Waals surface area contributed by atoms with Gasteiger partial charge >= 0.3 is 0 Å². The van der Waals surface area contributed by atoms with Crippen LogP contribution in [0.2, 0.25) is 0 Å². The van der Waals surface area contributed by atoms with Gasteiger partial charge in [-0.15, -0.1) is 0 Å². The number of likely N-dealkylation sites (tertiary alicyclic amines) is 1. The summed E-state index contributed by atoms with van der Waals surface area (Å²) in [7, 11) is 0. The Kier molecular flexibility index (Phi) is 3.48. The summed E-state index contributed by atoms with van der Waals surface area (Å²) in [6.45, 7) is 6.74. The molecule has 0 saturated carbocycles. The van der Waals surface area contributed by atoms with E-state index < -0.39 is 5.60 Å². The van der Waals surface area contributed by atoms with E-state index in [1.54, 1.807) is 0 Å². The van der Waals surface area contributed by atoms with Gasteiger partial charge in [0.1, 0.15) is 11.3 Å². The van der Waals surface area contributed by atoms with Gasteiger partial charge in [-0.2, -0.15) is 0 Å². The van der Waals surface area contributed by atoms with Crippen LogP contribution in [0.5, 0.6) is 0 Å². The van der Waals surface area contributed by atoms with Crippen LogP contribution in [0.4, 0.5) is 0 Å². The fraction of sp³-hybridized carbons (Fsp3) is 0.556. The highest BCUT2D eigenvalue weighted by Crippen LogP contribution is 2.34. The van der Waals surface area contributed by atoms with Crippen LogP contribution in [0.15, 0.2) is 28.7 Å². The zero-order valence-electron chi connectivity index (χ0n) is 13.1. The van der Waals surface area contributed by atoms with E-state index in [0.29, 0.717) is 5.92 Å². The van der Waals surface area contributed by atoms with E-state index in [4.69, 9.17) is 4.42 Å². The highest BCUT2D eigenvalue weighted by Gasteiger charge is 2.42. The first-order valence-electron chi connectivity index (χ1n) is 8.28. The molecular formula is C18H24N2O2. The molecule has 1 aromatic carbocycles. The normalized spacial score (nSPS) is 29.6. The zero-order chi connectivity index (χ0) is 15.2. The Balaban J connectivity index is 1.52. The summed E-state index contributed by atoms with van der Waals surface area (Å²) in [5.41, 5.74) is 1.77. The Morgan fingerprint density at radius 1 is 1.36 bits per heavy atom. The Bertz CT molecular complexity index is 681. The van der Waals surface area contributed by atoms with Gasteiger partial charge in [0.2, 0.25) is 0 Å². The lowest BCUT2D eigenvalue weighted by atomic mass is 9.76. The van der Waals surface area contributed by atoms with Crippen LogP contribution in [0.25, 0.3) is 11.0 Å². The first-order chi connectivity index (χ1) is 10.7. The van der Waals surface area contributed by atoms with Gasteiger partial charge in [0, 0.05) is 30.9 Å². The number of rotatable bonds is 2. The second kappa shape index (κ2) is 5.37. The standard InChI is InChI=1S/C18H24N2O2/c1-13-15-4-2-3-5-16(15)22-17(13)12-20-9-7-18(21)6-8-19-10-14(18)11-20/h2-5,14,19,21H,6-12H2,1H3/t14-,18-/m0/s1. The van der Waals surface area contributed by atoms with Gasteiger partial charge in [0.15, 0.2) is 0 Å². The number of nitrogens with zero attached hydrogens (tertiary/aromatic N) is 1. The van der Waals surface area contributed by atoms with Gasteiger partial charge in [-0.3, -0.25) is 4.90 Å². The number of aryl methyl sites for hydroxylation is 1. The highest BCUT2D eigenvalue weighted by molar-refractivity contribution is 5.81. The smallest absolute Gasteiger partial charge is 0.134 e. The molecule has 0 radical (unpaired) electrons. The molecule has 4 nitrogen and oxygen atoms in total. The molecule has 2 aromatic rings. The summed E-state index contributed by atoms with van der Waals surface area (Å²) < 4.78 is 6.04. The molecule has 1 aromatic heterocycles. The molecule has 3 heterocycles. The van der Waals surface area contributed by atoms with Crippen molar-refractivity contribution in [3.63, 3.8) is 0 Å². The number of hydrogen-bond acceptors (Lipinski definition) is 4. The largest absolute Gasteiger partial charge is 0.459 e. The predicted molar refractivity (Wildman–Crippen MR) is 86.8 cm³/mol. The number of piperidine rings is 2. The third kappa shape index (κ3) is 2.35. The van der Waals surface area contributed by atoms with Crippen molar-refractivity contribution < 1.29 is 9.52 Å². The summed E-state index contributed by atoms with van der Waals surface area (Å²) in [4.78, 5) is 2.43. The van der Waals surface area contributed by atoms with Crippen molar-refractivity contribution in [3.05, 3.63) is 35.6 Å². The molecule has 2 aliphatic rings. The zero-order valence-corrected chi connectivity index (χ0v) is 13.1. The van der Waals surface area contributed by atoms with E-state index in [1.807, 2.05) is 12.1 Å². The molecule has 0 unspecified atom stereocenters. The van der Waals surface area contributed by atoms with Crippen molar-refractivity contribution in [3.8, 4) is 0 Å². The van der Waals surface area contributed by atoms with Gasteiger partial charge in [0.05, 0.1) is 12.1 Å². The second-order valence-corrected chi connectivity index (χ2v) is 6.89. The van der Waals surface area contributed by atoms with Gasteiger partial charge in [-0.05, 0) is 37.9 Å². The van der Waals surface area contributed by atoms with Crippen molar-refractivity contribution in [2.24, 2.45) is 5.92 Å². The number of aliphatic hydroxyl groups is 1. The summed E-state index contributed by atoms with van der Waals surface area (Å²) in [5.74, 6) is 1.40. The summed E-state index contributed by atoms with van der Waals surface area (Å²) in [6, 6.07) is 8.23. The van der Waals surface area contributed by atoms with Crippen molar-refractivity contribution in [1.82, 2.24) is 10.2 Å².